The van der Waals surface area contributed by atoms with Gasteiger partial charge in [0.2, 0.25) is 5.91 Å². The number of aromatic nitrogens is 1. The van der Waals surface area contributed by atoms with Gasteiger partial charge in [-0.25, -0.2) is 4.98 Å². The maximum absolute atomic E-state index is 14.3. The Morgan fingerprint density at radius 1 is 1.17 bits per heavy atom. The van der Waals surface area contributed by atoms with E-state index < -0.39 is 63.9 Å². The predicted molar refractivity (Wildman–Crippen MR) is 170 cm³/mol. The topological polar surface area (TPSA) is 212 Å². The SMILES string of the molecule is CC(C)[C@H]1C(O)[C@@H](C(N)=O)C(=O)[C@]2(O)C(O)[C@H]3C(=O)c4c(O)ccc(Nc5nc(-c6cccc(N=O)c6)cs5)c4C[C@]3(C)C[C@]12C. The number of amides is 1. The van der Waals surface area contributed by atoms with Gasteiger partial charge in [-0.1, -0.05) is 39.8 Å². The number of aliphatic hydroxyl groups is 3. The van der Waals surface area contributed by atoms with Crippen molar-refractivity contribution in [3.63, 3.8) is 0 Å². The molecule has 8 atom stereocenters. The Hall–Kier alpha value is -4.04. The summed E-state index contributed by atoms with van der Waals surface area (Å²) in [4.78, 5) is 56.2. The van der Waals surface area contributed by atoms with Gasteiger partial charge in [-0.2, -0.15) is 0 Å². The highest BCUT2D eigenvalue weighted by Crippen LogP contribution is 2.66. The first-order chi connectivity index (χ1) is 21.6. The Kier molecular flexibility index (Phi) is 7.47. The summed E-state index contributed by atoms with van der Waals surface area (Å²) in [6, 6.07) is 9.69. The van der Waals surface area contributed by atoms with E-state index in [0.717, 1.165) is 0 Å². The van der Waals surface area contributed by atoms with Crippen molar-refractivity contribution >= 4 is 45.3 Å². The molecular formula is C33H36N4O8S. The number of rotatable bonds is 6. The number of aliphatic hydroxyl groups excluding tert-OH is 2. The summed E-state index contributed by atoms with van der Waals surface area (Å²) in [6.07, 6.45) is -3.25. The largest absolute Gasteiger partial charge is 0.507 e. The number of nitroso groups, excluding NO2 is 1. The number of carbonyl (C=O) groups excluding carboxylic acids is 3. The number of phenolic OH excluding ortho intramolecular Hbond substituents is 1. The fourth-order valence-electron chi connectivity index (χ4n) is 8.95. The predicted octanol–water partition coefficient (Wildman–Crippen LogP) is 3.84. The first kappa shape index (κ1) is 31.9. The summed E-state index contributed by atoms with van der Waals surface area (Å²) in [5, 5.41) is 55.0. The zero-order valence-corrected chi connectivity index (χ0v) is 26.5. The third-order valence-electron chi connectivity index (χ3n) is 10.7. The quantitative estimate of drug-likeness (QED) is 0.129. The molecule has 2 fully saturated rings. The van der Waals surface area contributed by atoms with Gasteiger partial charge in [0.15, 0.2) is 22.3 Å². The normalized spacial score (nSPS) is 33.6. The van der Waals surface area contributed by atoms with Crippen molar-refractivity contribution in [1.82, 2.24) is 4.98 Å². The lowest BCUT2D eigenvalue weighted by atomic mass is 9.39. The number of nitrogens with zero attached hydrogens (tertiary/aromatic N) is 2. The van der Waals surface area contributed by atoms with Crippen LogP contribution in [0.5, 0.6) is 5.75 Å². The number of benzene rings is 2. The number of aromatic hydroxyl groups is 1. The second kappa shape index (κ2) is 10.8. The van der Waals surface area contributed by atoms with Crippen LogP contribution < -0.4 is 11.1 Å². The second-order valence-corrected chi connectivity index (χ2v) is 14.6. The monoisotopic (exact) mass is 648 g/mol. The molecule has 1 amide bonds. The lowest BCUT2D eigenvalue weighted by Gasteiger charge is -2.66. The number of hydrogen-bond donors (Lipinski definition) is 6. The van der Waals surface area contributed by atoms with E-state index in [4.69, 9.17) is 5.73 Å². The van der Waals surface area contributed by atoms with Crippen molar-refractivity contribution < 1.29 is 34.8 Å². The highest BCUT2D eigenvalue weighted by molar-refractivity contribution is 7.14. The van der Waals surface area contributed by atoms with Crippen molar-refractivity contribution in [2.45, 2.75) is 58.3 Å². The molecule has 242 valence electrons. The average Bonchev–Trinajstić information content (AvgIpc) is 3.44. The molecule has 2 saturated carbocycles. The van der Waals surface area contributed by atoms with Crippen LogP contribution in [0.25, 0.3) is 11.3 Å². The van der Waals surface area contributed by atoms with E-state index in [0.29, 0.717) is 27.6 Å². The molecular weight excluding hydrogens is 612 g/mol. The highest BCUT2D eigenvalue weighted by Gasteiger charge is 2.75. The minimum Gasteiger partial charge on any atom is -0.507 e. The molecule has 3 aliphatic carbocycles. The smallest absolute Gasteiger partial charge is 0.230 e. The lowest BCUT2D eigenvalue weighted by molar-refractivity contribution is -0.265. The molecule has 0 radical (unpaired) electrons. The Labute approximate surface area is 268 Å². The molecule has 12 nitrogen and oxygen atoms in total. The minimum absolute atomic E-state index is 0.0398. The summed E-state index contributed by atoms with van der Waals surface area (Å²) in [7, 11) is 0. The van der Waals surface area contributed by atoms with Crippen molar-refractivity contribution in [2.24, 2.45) is 45.4 Å². The number of carbonyl (C=O) groups is 3. The van der Waals surface area contributed by atoms with Crippen LogP contribution in [0.2, 0.25) is 0 Å². The Bertz CT molecular complexity index is 1790. The van der Waals surface area contributed by atoms with E-state index in [9.17, 15) is 39.7 Å². The first-order valence-corrected chi connectivity index (χ1v) is 15.9. The van der Waals surface area contributed by atoms with Crippen molar-refractivity contribution in [3.05, 3.63) is 57.8 Å². The molecule has 0 saturated heterocycles. The van der Waals surface area contributed by atoms with Crippen LogP contribution in [0.3, 0.4) is 0 Å². The zero-order chi connectivity index (χ0) is 33.5. The summed E-state index contributed by atoms with van der Waals surface area (Å²) in [5.41, 5.74) is 2.96. The van der Waals surface area contributed by atoms with Crippen LogP contribution in [0, 0.1) is 39.4 Å². The summed E-state index contributed by atoms with van der Waals surface area (Å²) in [5.74, 6) is -7.45. The molecule has 0 aliphatic heterocycles. The molecule has 0 spiro atoms. The molecule has 46 heavy (non-hydrogen) atoms. The number of anilines is 2. The molecule has 1 aromatic heterocycles. The van der Waals surface area contributed by atoms with E-state index in [1.165, 1.54) is 17.4 Å². The van der Waals surface area contributed by atoms with Crippen molar-refractivity contribution in [3.8, 4) is 17.0 Å². The molecule has 1 heterocycles. The fourth-order valence-corrected chi connectivity index (χ4v) is 9.68. The van der Waals surface area contributed by atoms with Gasteiger partial charge in [0.1, 0.15) is 23.5 Å². The maximum atomic E-state index is 14.3. The number of hydrogen-bond acceptors (Lipinski definition) is 12. The number of primary amides is 1. The molecule has 0 bridgehead atoms. The van der Waals surface area contributed by atoms with E-state index in [1.807, 2.05) is 0 Å². The van der Waals surface area contributed by atoms with Crippen LogP contribution >= 0.6 is 11.3 Å². The van der Waals surface area contributed by atoms with Gasteiger partial charge in [-0.05, 0) is 65.1 Å². The molecule has 2 unspecified atom stereocenters. The van der Waals surface area contributed by atoms with E-state index in [2.05, 4.69) is 15.5 Å². The molecule has 6 rings (SSSR count). The Morgan fingerprint density at radius 3 is 2.54 bits per heavy atom. The second-order valence-electron chi connectivity index (χ2n) is 13.8. The number of nitrogens with two attached hydrogens (primary N) is 1. The van der Waals surface area contributed by atoms with Crippen LogP contribution in [0.4, 0.5) is 16.5 Å². The number of fused-ring (bicyclic) bond motifs is 3. The van der Waals surface area contributed by atoms with E-state index in [-0.39, 0.29) is 35.8 Å². The van der Waals surface area contributed by atoms with Gasteiger partial charge in [-0.3, -0.25) is 14.4 Å². The van der Waals surface area contributed by atoms with Crippen LogP contribution in [-0.2, 0) is 16.0 Å². The molecule has 3 aliphatic rings. The first-order valence-electron chi connectivity index (χ1n) is 15.1. The fraction of sp³-hybridized carbons (Fsp3) is 0.455. The summed E-state index contributed by atoms with van der Waals surface area (Å²) >= 11 is 1.30. The number of Topliss-reactive ketones (excluding diaryl/α,β-unsaturated/α-hetero) is 2. The third-order valence-corrected chi connectivity index (χ3v) is 11.4. The number of ketones is 2. The number of phenols is 1. The van der Waals surface area contributed by atoms with Gasteiger partial charge in [0.05, 0.1) is 23.3 Å². The lowest BCUT2D eigenvalue weighted by Crippen LogP contribution is -2.79. The van der Waals surface area contributed by atoms with Crippen LogP contribution in [0.1, 0.15) is 50.0 Å². The van der Waals surface area contributed by atoms with Crippen molar-refractivity contribution in [2.75, 3.05) is 5.32 Å². The highest BCUT2D eigenvalue weighted by atomic mass is 32.1. The molecule has 2 aromatic carbocycles. The standard InChI is InChI=1S/C33H36N4O8S/c1-14(2)23-26(40)22(29(34)43)27(41)33(44)28(42)24-25(39)21-17(11-31(24,3)13-32(23,33)4)18(8-9-20(21)38)35-30-36-19(12-46-30)15-6-5-7-16(10-15)37-45/h5-10,12,14,22-24,26,28,38,40,42,44H,11,13H2,1-4H3,(H2,34,43)(H,35,36)/t22-,23+,24-,26?,28?,31-,32-,33+/m1/s1. The van der Waals surface area contributed by atoms with E-state index >= 15 is 0 Å². The number of nitrogens with one attached hydrogen (secondary N) is 1. The molecule has 3 aromatic rings. The molecule has 7 N–H and O–H groups in total. The van der Waals surface area contributed by atoms with Crippen LogP contribution in [-0.4, -0.2) is 60.7 Å². The van der Waals surface area contributed by atoms with Gasteiger partial charge < -0.3 is 31.5 Å². The van der Waals surface area contributed by atoms with Crippen LogP contribution in [0.15, 0.2) is 47.0 Å². The van der Waals surface area contributed by atoms with Gasteiger partial charge in [0, 0.05) is 22.0 Å². The van der Waals surface area contributed by atoms with E-state index in [1.54, 1.807) is 63.4 Å². The average molecular weight is 649 g/mol. The summed E-state index contributed by atoms with van der Waals surface area (Å²) in [6.45, 7) is 7.01. The Balaban J connectivity index is 1.43. The van der Waals surface area contributed by atoms with Crippen molar-refractivity contribution in [1.29, 1.82) is 0 Å². The number of thiazole rings is 1. The minimum atomic E-state index is -2.57. The maximum Gasteiger partial charge on any atom is 0.230 e. The third kappa shape index (κ3) is 4.36. The Morgan fingerprint density at radius 2 is 1.89 bits per heavy atom. The molecule has 13 heteroatoms. The van der Waals surface area contributed by atoms with Gasteiger partial charge in [-0.15, -0.1) is 16.2 Å². The zero-order valence-electron chi connectivity index (χ0n) is 25.7. The van der Waals surface area contributed by atoms with Gasteiger partial charge >= 0.3 is 0 Å². The van der Waals surface area contributed by atoms with Gasteiger partial charge in [0.25, 0.3) is 0 Å². The summed E-state index contributed by atoms with van der Waals surface area (Å²) < 4.78 is 0.